The zero-order chi connectivity index (χ0) is 20.1. The monoisotopic (exact) mass is 393 g/mol. The average Bonchev–Trinajstić information content (AvgIpc) is 3.33. The van der Waals surface area contributed by atoms with Crippen LogP contribution in [0.4, 0.5) is 5.82 Å². The lowest BCUT2D eigenvalue weighted by Crippen LogP contribution is -2.40. The Labute approximate surface area is 168 Å². The lowest BCUT2D eigenvalue weighted by atomic mass is 9.96. The van der Waals surface area contributed by atoms with E-state index < -0.39 is 0 Å². The first kappa shape index (κ1) is 18.9. The van der Waals surface area contributed by atoms with Gasteiger partial charge in [0.2, 0.25) is 5.91 Å². The van der Waals surface area contributed by atoms with Crippen molar-refractivity contribution in [3.8, 4) is 11.6 Å². The number of hydrogen-bond acceptors (Lipinski definition) is 7. The molecule has 0 bridgehead atoms. The highest BCUT2D eigenvalue weighted by Gasteiger charge is 2.25. The molecule has 9 nitrogen and oxygen atoms in total. The van der Waals surface area contributed by atoms with Crippen LogP contribution in [-0.4, -0.2) is 51.1 Å². The highest BCUT2D eigenvalue weighted by atomic mass is 16.5. The Morgan fingerprint density at radius 1 is 1.17 bits per heavy atom. The van der Waals surface area contributed by atoms with Gasteiger partial charge in [0.1, 0.15) is 18.4 Å². The van der Waals surface area contributed by atoms with Crippen LogP contribution in [0.5, 0.6) is 5.75 Å². The summed E-state index contributed by atoms with van der Waals surface area (Å²) in [6, 6.07) is 11.5. The van der Waals surface area contributed by atoms with E-state index in [0.717, 1.165) is 43.1 Å². The minimum absolute atomic E-state index is 0.0132. The van der Waals surface area contributed by atoms with Crippen LogP contribution in [0.25, 0.3) is 5.82 Å². The van der Waals surface area contributed by atoms with E-state index in [0.29, 0.717) is 12.4 Å². The summed E-state index contributed by atoms with van der Waals surface area (Å²) < 4.78 is 6.79. The Hall–Kier alpha value is -3.49. The van der Waals surface area contributed by atoms with E-state index in [9.17, 15) is 4.79 Å². The van der Waals surface area contributed by atoms with Crippen molar-refractivity contribution in [2.24, 2.45) is 5.92 Å². The first-order valence-electron chi connectivity index (χ1n) is 9.57. The molecule has 1 saturated heterocycles. The average molecular weight is 393 g/mol. The third kappa shape index (κ3) is 4.50. The molecule has 0 aliphatic carbocycles. The van der Waals surface area contributed by atoms with Crippen LogP contribution < -0.4 is 15.0 Å². The molecule has 1 N–H and O–H groups in total. The third-order valence-corrected chi connectivity index (χ3v) is 5.08. The zero-order valence-corrected chi connectivity index (χ0v) is 16.2. The van der Waals surface area contributed by atoms with Crippen LogP contribution >= 0.6 is 0 Å². The molecule has 1 aliphatic heterocycles. The fourth-order valence-corrected chi connectivity index (χ4v) is 3.42. The Bertz CT molecular complexity index is 936. The number of nitrogens with zero attached hydrogens (tertiary/aromatic N) is 6. The molecule has 2 aromatic heterocycles. The summed E-state index contributed by atoms with van der Waals surface area (Å²) in [7, 11) is 1.64. The number of nitrogens with one attached hydrogen (secondary N) is 1. The number of aromatic nitrogens is 5. The van der Waals surface area contributed by atoms with Gasteiger partial charge in [0.05, 0.1) is 7.11 Å². The number of methoxy groups -OCH3 is 1. The van der Waals surface area contributed by atoms with Gasteiger partial charge in [0, 0.05) is 25.6 Å². The van der Waals surface area contributed by atoms with Crippen molar-refractivity contribution in [3.63, 3.8) is 0 Å². The number of carbonyl (C=O) groups excluding carboxylic acids is 1. The molecule has 29 heavy (non-hydrogen) atoms. The molecule has 0 spiro atoms. The summed E-state index contributed by atoms with van der Waals surface area (Å²) in [6.07, 6.45) is 4.62. The number of piperidine rings is 1. The van der Waals surface area contributed by atoms with E-state index in [4.69, 9.17) is 4.74 Å². The van der Waals surface area contributed by atoms with Crippen molar-refractivity contribution in [3.05, 3.63) is 54.6 Å². The van der Waals surface area contributed by atoms with Gasteiger partial charge in [-0.05, 0) is 42.7 Å². The molecule has 0 saturated carbocycles. The SMILES string of the molecule is COc1cccc(CNC(=O)C2CCN(c3ccc(-n4cncn4)nn3)CC2)c1. The molecular formula is C20H23N7O2. The van der Waals surface area contributed by atoms with Gasteiger partial charge >= 0.3 is 0 Å². The predicted octanol–water partition coefficient (Wildman–Crippen LogP) is 1.60. The minimum atomic E-state index is 0.0132. The number of anilines is 1. The smallest absolute Gasteiger partial charge is 0.223 e. The van der Waals surface area contributed by atoms with E-state index in [2.05, 4.69) is 30.5 Å². The molecular weight excluding hydrogens is 370 g/mol. The van der Waals surface area contributed by atoms with E-state index in [1.54, 1.807) is 18.1 Å². The number of benzene rings is 1. The largest absolute Gasteiger partial charge is 0.497 e. The van der Waals surface area contributed by atoms with E-state index >= 15 is 0 Å². The lowest BCUT2D eigenvalue weighted by molar-refractivity contribution is -0.125. The molecule has 1 fully saturated rings. The fraction of sp³-hybridized carbons (Fsp3) is 0.350. The van der Waals surface area contributed by atoms with Gasteiger partial charge in [0.25, 0.3) is 0 Å². The van der Waals surface area contributed by atoms with Crippen LogP contribution in [0.1, 0.15) is 18.4 Å². The first-order chi connectivity index (χ1) is 14.2. The van der Waals surface area contributed by atoms with E-state index in [1.807, 2.05) is 36.4 Å². The summed E-state index contributed by atoms with van der Waals surface area (Å²) in [5.74, 6) is 2.34. The Morgan fingerprint density at radius 2 is 1.97 bits per heavy atom. The van der Waals surface area contributed by atoms with Gasteiger partial charge in [0.15, 0.2) is 11.6 Å². The fourth-order valence-electron chi connectivity index (χ4n) is 3.42. The van der Waals surface area contributed by atoms with Crippen molar-refractivity contribution < 1.29 is 9.53 Å². The van der Waals surface area contributed by atoms with Gasteiger partial charge in [-0.15, -0.1) is 10.2 Å². The highest BCUT2D eigenvalue weighted by Crippen LogP contribution is 2.22. The molecule has 0 atom stereocenters. The summed E-state index contributed by atoms with van der Waals surface area (Å²) in [5.41, 5.74) is 1.03. The van der Waals surface area contributed by atoms with Crippen molar-refractivity contribution >= 4 is 11.7 Å². The molecule has 9 heteroatoms. The highest BCUT2D eigenvalue weighted by molar-refractivity contribution is 5.79. The normalized spacial score (nSPS) is 14.6. The Kier molecular flexibility index (Phi) is 5.64. The Morgan fingerprint density at radius 3 is 2.66 bits per heavy atom. The zero-order valence-electron chi connectivity index (χ0n) is 16.2. The molecule has 0 radical (unpaired) electrons. The summed E-state index contributed by atoms with van der Waals surface area (Å²) >= 11 is 0. The second kappa shape index (κ2) is 8.68. The molecule has 1 aromatic carbocycles. The number of amides is 1. The first-order valence-corrected chi connectivity index (χ1v) is 9.57. The van der Waals surface area contributed by atoms with Crippen LogP contribution in [0.15, 0.2) is 49.1 Å². The minimum Gasteiger partial charge on any atom is -0.497 e. The topological polar surface area (TPSA) is 98.1 Å². The van der Waals surface area contributed by atoms with Gasteiger partial charge < -0.3 is 15.0 Å². The molecule has 0 unspecified atom stereocenters. The van der Waals surface area contributed by atoms with Crippen LogP contribution in [0.2, 0.25) is 0 Å². The number of carbonyl (C=O) groups is 1. The van der Waals surface area contributed by atoms with Crippen LogP contribution in [0.3, 0.4) is 0 Å². The summed E-state index contributed by atoms with van der Waals surface area (Å²) in [5, 5.41) is 15.6. The quantitative estimate of drug-likeness (QED) is 0.679. The second-order valence-electron chi connectivity index (χ2n) is 6.92. The molecule has 1 aliphatic rings. The maximum Gasteiger partial charge on any atom is 0.223 e. The van der Waals surface area contributed by atoms with Crippen molar-refractivity contribution in [2.75, 3.05) is 25.1 Å². The standard InChI is InChI=1S/C20H23N7O2/c1-29-17-4-2-3-15(11-17)12-22-20(28)16-7-9-26(10-8-16)18-5-6-19(25-24-18)27-14-21-13-23-27/h2-6,11,13-14,16H,7-10,12H2,1H3,(H,22,28). The molecule has 150 valence electrons. The summed E-state index contributed by atoms with van der Waals surface area (Å²) in [6.45, 7) is 2.05. The van der Waals surface area contributed by atoms with Gasteiger partial charge in [-0.2, -0.15) is 5.10 Å². The second-order valence-corrected chi connectivity index (χ2v) is 6.92. The maximum atomic E-state index is 12.5. The number of rotatable bonds is 6. The molecule has 3 aromatic rings. The molecule has 4 rings (SSSR count). The van der Waals surface area contributed by atoms with Crippen molar-refractivity contribution in [2.45, 2.75) is 19.4 Å². The van der Waals surface area contributed by atoms with Crippen molar-refractivity contribution in [1.82, 2.24) is 30.3 Å². The van der Waals surface area contributed by atoms with Crippen molar-refractivity contribution in [1.29, 1.82) is 0 Å². The molecule has 1 amide bonds. The third-order valence-electron chi connectivity index (χ3n) is 5.08. The predicted molar refractivity (Wildman–Crippen MR) is 107 cm³/mol. The van der Waals surface area contributed by atoms with Crippen LogP contribution in [-0.2, 0) is 11.3 Å². The summed E-state index contributed by atoms with van der Waals surface area (Å²) in [4.78, 5) is 18.6. The van der Waals surface area contributed by atoms with E-state index in [1.165, 1.54) is 6.33 Å². The van der Waals surface area contributed by atoms with E-state index in [-0.39, 0.29) is 11.8 Å². The van der Waals surface area contributed by atoms with Gasteiger partial charge in [-0.25, -0.2) is 9.67 Å². The maximum absolute atomic E-state index is 12.5. The molecule has 3 heterocycles. The number of ether oxygens (including phenoxy) is 1. The van der Waals surface area contributed by atoms with Gasteiger partial charge in [-0.3, -0.25) is 4.79 Å². The lowest BCUT2D eigenvalue weighted by Gasteiger charge is -2.31. The Balaban J connectivity index is 1.28. The van der Waals surface area contributed by atoms with Gasteiger partial charge in [-0.1, -0.05) is 12.1 Å². The number of hydrogen-bond donors (Lipinski definition) is 1. The van der Waals surface area contributed by atoms with Crippen LogP contribution in [0, 0.1) is 5.92 Å².